The summed E-state index contributed by atoms with van der Waals surface area (Å²) in [5, 5.41) is 0. The van der Waals surface area contributed by atoms with E-state index in [0.717, 1.165) is 17.6 Å². The molecule has 0 atom stereocenters. The van der Waals surface area contributed by atoms with Crippen molar-refractivity contribution in [1.29, 1.82) is 0 Å². The van der Waals surface area contributed by atoms with Gasteiger partial charge < -0.3 is 0 Å². The van der Waals surface area contributed by atoms with Crippen molar-refractivity contribution < 1.29 is 4.79 Å². The third-order valence-electron chi connectivity index (χ3n) is 1.90. The van der Waals surface area contributed by atoms with Gasteiger partial charge in [-0.1, -0.05) is 37.3 Å². The van der Waals surface area contributed by atoms with Crippen LogP contribution in [0.15, 0.2) is 36.4 Å². The number of benzene rings is 1. The molecule has 0 bridgehead atoms. The highest BCUT2D eigenvalue weighted by molar-refractivity contribution is 5.95. The maximum absolute atomic E-state index is 10.9. The van der Waals surface area contributed by atoms with Crippen LogP contribution in [0.5, 0.6) is 0 Å². The molecule has 0 aliphatic rings. The van der Waals surface area contributed by atoms with Crippen molar-refractivity contribution in [3.63, 3.8) is 0 Å². The SMILES string of the molecule is CC/C(=C\C(C)=O)c1ccccc1. The Morgan fingerprint density at radius 3 is 2.38 bits per heavy atom. The first kappa shape index (κ1) is 9.72. The minimum absolute atomic E-state index is 0.112. The fourth-order valence-corrected chi connectivity index (χ4v) is 1.29. The average molecular weight is 174 g/mol. The molecule has 0 heterocycles. The van der Waals surface area contributed by atoms with Crippen LogP contribution < -0.4 is 0 Å². The summed E-state index contributed by atoms with van der Waals surface area (Å²) in [6.07, 6.45) is 2.60. The monoisotopic (exact) mass is 174 g/mol. The van der Waals surface area contributed by atoms with E-state index in [0.29, 0.717) is 0 Å². The van der Waals surface area contributed by atoms with Gasteiger partial charge in [-0.2, -0.15) is 0 Å². The third kappa shape index (κ3) is 2.86. The van der Waals surface area contributed by atoms with Crippen LogP contribution in [0.1, 0.15) is 25.8 Å². The molecule has 1 heteroatoms. The van der Waals surface area contributed by atoms with Crippen LogP contribution >= 0.6 is 0 Å². The van der Waals surface area contributed by atoms with Crippen molar-refractivity contribution in [2.24, 2.45) is 0 Å². The second-order valence-corrected chi connectivity index (χ2v) is 3.00. The molecule has 1 aromatic carbocycles. The largest absolute Gasteiger partial charge is 0.295 e. The van der Waals surface area contributed by atoms with Crippen molar-refractivity contribution in [3.8, 4) is 0 Å². The Labute approximate surface area is 79.1 Å². The van der Waals surface area contributed by atoms with Crippen molar-refractivity contribution in [3.05, 3.63) is 42.0 Å². The summed E-state index contributed by atoms with van der Waals surface area (Å²) < 4.78 is 0. The molecule has 1 aromatic rings. The van der Waals surface area contributed by atoms with Crippen LogP contribution in [-0.4, -0.2) is 5.78 Å². The zero-order valence-electron chi connectivity index (χ0n) is 8.08. The van der Waals surface area contributed by atoms with Crippen molar-refractivity contribution in [2.45, 2.75) is 20.3 Å². The molecule has 1 nitrogen and oxygen atoms in total. The van der Waals surface area contributed by atoms with Gasteiger partial charge in [-0.15, -0.1) is 0 Å². The Kier molecular flexibility index (Phi) is 3.44. The quantitative estimate of drug-likeness (QED) is 0.643. The van der Waals surface area contributed by atoms with E-state index in [1.165, 1.54) is 0 Å². The van der Waals surface area contributed by atoms with Crippen LogP contribution in [0.4, 0.5) is 0 Å². The van der Waals surface area contributed by atoms with E-state index in [9.17, 15) is 4.79 Å². The fraction of sp³-hybridized carbons (Fsp3) is 0.250. The number of hydrogen-bond acceptors (Lipinski definition) is 1. The van der Waals surface area contributed by atoms with E-state index in [1.54, 1.807) is 13.0 Å². The Bertz CT molecular complexity index is 309. The van der Waals surface area contributed by atoms with Crippen LogP contribution in [0.2, 0.25) is 0 Å². The summed E-state index contributed by atoms with van der Waals surface area (Å²) in [7, 11) is 0. The lowest BCUT2D eigenvalue weighted by Crippen LogP contribution is -1.88. The highest BCUT2D eigenvalue weighted by Gasteiger charge is 1.98. The maximum atomic E-state index is 10.9. The Hall–Kier alpha value is -1.37. The van der Waals surface area contributed by atoms with Gasteiger partial charge in [-0.05, 0) is 30.6 Å². The van der Waals surface area contributed by atoms with E-state index < -0.39 is 0 Å². The van der Waals surface area contributed by atoms with Crippen LogP contribution in [0.25, 0.3) is 5.57 Å². The van der Waals surface area contributed by atoms with Crippen LogP contribution in [0, 0.1) is 0 Å². The van der Waals surface area contributed by atoms with E-state index in [-0.39, 0.29) is 5.78 Å². The minimum atomic E-state index is 0.112. The molecule has 0 aliphatic heterocycles. The zero-order chi connectivity index (χ0) is 9.68. The van der Waals surface area contributed by atoms with Crippen molar-refractivity contribution in [1.82, 2.24) is 0 Å². The molecule has 0 aromatic heterocycles. The summed E-state index contributed by atoms with van der Waals surface area (Å²) in [6, 6.07) is 10.00. The van der Waals surface area contributed by atoms with Gasteiger partial charge in [0.05, 0.1) is 0 Å². The molecule has 0 aliphatic carbocycles. The predicted octanol–water partition coefficient (Wildman–Crippen LogP) is 3.07. The predicted molar refractivity (Wildman–Crippen MR) is 55.4 cm³/mol. The molecule has 0 radical (unpaired) electrons. The number of hydrogen-bond donors (Lipinski definition) is 0. The van der Waals surface area contributed by atoms with Crippen LogP contribution in [0.3, 0.4) is 0 Å². The minimum Gasteiger partial charge on any atom is -0.295 e. The standard InChI is InChI=1S/C12H14O/c1-3-11(9-10(2)13)12-7-5-4-6-8-12/h4-9H,3H2,1-2H3/b11-9+. The lowest BCUT2D eigenvalue weighted by Gasteiger charge is -2.02. The number of carbonyl (C=O) groups is 1. The number of carbonyl (C=O) groups excluding carboxylic acids is 1. The molecule has 13 heavy (non-hydrogen) atoms. The highest BCUT2D eigenvalue weighted by Crippen LogP contribution is 2.16. The number of rotatable bonds is 3. The summed E-state index contributed by atoms with van der Waals surface area (Å²) in [4.78, 5) is 10.9. The molecule has 68 valence electrons. The van der Waals surface area contributed by atoms with Gasteiger partial charge >= 0.3 is 0 Å². The lowest BCUT2D eigenvalue weighted by molar-refractivity contribution is -0.112. The van der Waals surface area contributed by atoms with Gasteiger partial charge in [-0.25, -0.2) is 0 Å². The number of allylic oxidation sites excluding steroid dienone is 2. The Morgan fingerprint density at radius 1 is 1.31 bits per heavy atom. The fourth-order valence-electron chi connectivity index (χ4n) is 1.29. The summed E-state index contributed by atoms with van der Waals surface area (Å²) in [5.74, 6) is 0.112. The third-order valence-corrected chi connectivity index (χ3v) is 1.90. The van der Waals surface area contributed by atoms with Crippen LogP contribution in [-0.2, 0) is 4.79 Å². The molecule has 0 fully saturated rings. The Morgan fingerprint density at radius 2 is 1.92 bits per heavy atom. The first-order valence-corrected chi connectivity index (χ1v) is 4.50. The normalized spacial score (nSPS) is 11.4. The molecule has 0 saturated heterocycles. The molecule has 0 spiro atoms. The molecular weight excluding hydrogens is 160 g/mol. The molecule has 0 amide bonds. The maximum Gasteiger partial charge on any atom is 0.152 e. The van der Waals surface area contributed by atoms with Gasteiger partial charge in [0.15, 0.2) is 5.78 Å². The topological polar surface area (TPSA) is 17.1 Å². The van der Waals surface area contributed by atoms with Gasteiger partial charge in [0.2, 0.25) is 0 Å². The molecule has 0 saturated carbocycles. The highest BCUT2D eigenvalue weighted by atomic mass is 16.1. The molecule has 0 N–H and O–H groups in total. The second-order valence-electron chi connectivity index (χ2n) is 3.00. The van der Waals surface area contributed by atoms with Gasteiger partial charge in [-0.3, -0.25) is 4.79 Å². The first-order valence-electron chi connectivity index (χ1n) is 4.50. The molecule has 1 rings (SSSR count). The van der Waals surface area contributed by atoms with Crippen molar-refractivity contribution in [2.75, 3.05) is 0 Å². The zero-order valence-corrected chi connectivity index (χ0v) is 8.08. The van der Waals surface area contributed by atoms with E-state index >= 15 is 0 Å². The van der Waals surface area contributed by atoms with Gasteiger partial charge in [0, 0.05) is 0 Å². The van der Waals surface area contributed by atoms with E-state index in [1.807, 2.05) is 30.3 Å². The van der Waals surface area contributed by atoms with E-state index in [2.05, 4.69) is 6.92 Å². The average Bonchev–Trinajstić information content (AvgIpc) is 2.15. The Balaban J connectivity index is 2.98. The summed E-state index contributed by atoms with van der Waals surface area (Å²) >= 11 is 0. The van der Waals surface area contributed by atoms with Crippen molar-refractivity contribution >= 4 is 11.4 Å². The smallest absolute Gasteiger partial charge is 0.152 e. The van der Waals surface area contributed by atoms with E-state index in [4.69, 9.17) is 0 Å². The number of ketones is 1. The van der Waals surface area contributed by atoms with Gasteiger partial charge in [0.1, 0.15) is 0 Å². The lowest BCUT2D eigenvalue weighted by atomic mass is 10.0. The summed E-state index contributed by atoms with van der Waals surface area (Å²) in [5.41, 5.74) is 2.24. The molecular formula is C12H14O. The summed E-state index contributed by atoms with van der Waals surface area (Å²) in [6.45, 7) is 3.64. The first-order chi connectivity index (χ1) is 6.24. The van der Waals surface area contributed by atoms with Gasteiger partial charge in [0.25, 0.3) is 0 Å². The molecule has 0 unspecified atom stereocenters. The second kappa shape index (κ2) is 4.61.